The first-order chi connectivity index (χ1) is 17.6. The Kier molecular flexibility index (Phi) is 18.9. The molecule has 0 aliphatic carbocycles. The normalized spacial score (nSPS) is 11.9. The number of carbonyl (C=O) groups is 1. The third-order valence-corrected chi connectivity index (χ3v) is 7.31. The minimum atomic E-state index is -0.448. The van der Waals surface area contributed by atoms with E-state index in [1.165, 1.54) is 94.7 Å². The minimum Gasteiger partial charge on any atom is -0.494 e. The third-order valence-electron chi connectivity index (χ3n) is 7.31. The van der Waals surface area contributed by atoms with Crippen LogP contribution in [0.1, 0.15) is 135 Å². The molecule has 0 saturated heterocycles. The van der Waals surface area contributed by atoms with E-state index in [0.717, 1.165) is 31.7 Å². The van der Waals surface area contributed by atoms with Crippen LogP contribution in [-0.4, -0.2) is 32.3 Å². The van der Waals surface area contributed by atoms with Gasteiger partial charge < -0.3 is 20.7 Å². The fourth-order valence-corrected chi connectivity index (χ4v) is 5.16. The molecule has 3 N–H and O–H groups in total. The summed E-state index contributed by atoms with van der Waals surface area (Å²) in [4.78, 5) is 13.6. The van der Waals surface area contributed by atoms with Gasteiger partial charge >= 0.3 is 6.03 Å². The summed E-state index contributed by atoms with van der Waals surface area (Å²) in [6.45, 7) is 11.9. The Labute approximate surface area is 222 Å². The molecule has 0 aromatic heterocycles. The van der Waals surface area contributed by atoms with E-state index >= 15 is 0 Å². The van der Waals surface area contributed by atoms with Crippen LogP contribution in [0.15, 0.2) is 18.2 Å². The zero-order valence-corrected chi connectivity index (χ0v) is 24.1. The third kappa shape index (κ3) is 14.0. The van der Waals surface area contributed by atoms with E-state index in [4.69, 9.17) is 10.5 Å². The number of benzene rings is 1. The largest absolute Gasteiger partial charge is 0.494 e. The van der Waals surface area contributed by atoms with E-state index in [-0.39, 0.29) is 0 Å². The van der Waals surface area contributed by atoms with Crippen LogP contribution < -0.4 is 20.7 Å². The number of carbonyl (C=O) groups excluding carboxylic acids is 1. The maximum Gasteiger partial charge on any atom is 0.312 e. The highest BCUT2D eigenvalue weighted by Crippen LogP contribution is 2.36. The van der Waals surface area contributed by atoms with Gasteiger partial charge in [0.15, 0.2) is 0 Å². The molecule has 5 nitrogen and oxygen atoms in total. The van der Waals surface area contributed by atoms with Gasteiger partial charge in [0.25, 0.3) is 0 Å². The lowest BCUT2D eigenvalue weighted by atomic mass is 9.89. The van der Waals surface area contributed by atoms with E-state index in [1.807, 2.05) is 6.92 Å². The summed E-state index contributed by atoms with van der Waals surface area (Å²) in [7, 11) is 0. The highest BCUT2D eigenvalue weighted by Gasteiger charge is 2.18. The quantitative estimate of drug-likeness (QED) is 0.147. The summed E-state index contributed by atoms with van der Waals surface area (Å²) in [5.74, 6) is 1.34. The second kappa shape index (κ2) is 21.2. The van der Waals surface area contributed by atoms with Gasteiger partial charge in [0.1, 0.15) is 5.75 Å². The van der Waals surface area contributed by atoms with Crippen molar-refractivity contribution in [1.29, 1.82) is 0 Å². The fraction of sp³-hybridized carbons (Fsp3) is 0.774. The molecule has 0 spiro atoms. The van der Waals surface area contributed by atoms with Crippen LogP contribution in [-0.2, 0) is 0 Å². The van der Waals surface area contributed by atoms with Gasteiger partial charge in [-0.05, 0) is 51.2 Å². The van der Waals surface area contributed by atoms with Gasteiger partial charge in [-0.3, -0.25) is 0 Å². The zero-order valence-electron chi connectivity index (χ0n) is 24.1. The van der Waals surface area contributed by atoms with Crippen LogP contribution >= 0.6 is 0 Å². The highest BCUT2D eigenvalue weighted by atomic mass is 16.5. The van der Waals surface area contributed by atoms with Crippen molar-refractivity contribution in [2.24, 2.45) is 5.73 Å². The van der Waals surface area contributed by atoms with Gasteiger partial charge in [-0.2, -0.15) is 0 Å². The Bertz CT molecular complexity index is 676. The maximum absolute atomic E-state index is 11.2. The Hall–Kier alpha value is -1.91. The molecule has 0 fully saturated rings. The molecule has 1 rings (SSSR count). The molecule has 0 bridgehead atoms. The first kappa shape index (κ1) is 32.1. The van der Waals surface area contributed by atoms with Crippen LogP contribution in [0, 0.1) is 0 Å². The predicted molar refractivity (Wildman–Crippen MR) is 156 cm³/mol. The molecule has 1 aromatic rings. The van der Waals surface area contributed by atoms with E-state index in [1.54, 1.807) is 0 Å². The Morgan fingerprint density at radius 1 is 0.833 bits per heavy atom. The number of hydrogen-bond acceptors (Lipinski definition) is 3. The van der Waals surface area contributed by atoms with Crippen molar-refractivity contribution in [3.8, 4) is 5.75 Å². The Balaban J connectivity index is 2.53. The Morgan fingerprint density at radius 3 is 1.89 bits per heavy atom. The number of primary amides is 1. The summed E-state index contributed by atoms with van der Waals surface area (Å²) in [5.41, 5.74) is 7.80. The second-order valence-electron chi connectivity index (χ2n) is 10.1. The van der Waals surface area contributed by atoms with Crippen LogP contribution in [0.4, 0.5) is 10.5 Å². The van der Waals surface area contributed by atoms with Crippen molar-refractivity contribution in [2.75, 3.05) is 31.1 Å². The van der Waals surface area contributed by atoms with Crippen molar-refractivity contribution in [3.05, 3.63) is 23.8 Å². The number of nitrogens with one attached hydrogen (secondary N) is 1. The van der Waals surface area contributed by atoms with Gasteiger partial charge in [0.05, 0.1) is 6.61 Å². The van der Waals surface area contributed by atoms with Crippen molar-refractivity contribution in [2.45, 2.75) is 130 Å². The van der Waals surface area contributed by atoms with Gasteiger partial charge in [0, 0.05) is 31.4 Å². The van der Waals surface area contributed by atoms with Gasteiger partial charge in [0.2, 0.25) is 0 Å². The number of nitrogens with zero attached hydrogens (tertiary/aromatic N) is 1. The van der Waals surface area contributed by atoms with E-state index < -0.39 is 6.03 Å². The number of amides is 2. The highest BCUT2D eigenvalue weighted by molar-refractivity contribution is 5.71. The molecular weight excluding hydrogens is 446 g/mol. The maximum atomic E-state index is 11.2. The molecule has 1 aromatic carbocycles. The van der Waals surface area contributed by atoms with Crippen LogP contribution in [0.5, 0.6) is 5.75 Å². The summed E-state index contributed by atoms with van der Waals surface area (Å²) in [6, 6.07) is 6.22. The molecule has 0 radical (unpaired) electrons. The first-order valence-corrected chi connectivity index (χ1v) is 15.1. The molecule has 1 atom stereocenters. The topological polar surface area (TPSA) is 67.6 Å². The zero-order chi connectivity index (χ0) is 26.4. The molecule has 0 saturated carbocycles. The lowest BCUT2D eigenvalue weighted by Gasteiger charge is -2.25. The SMILES string of the molecule is CCCCCCCCCCCCCCCC(CCNC(N)=O)c1ccc(N(CC)CC)cc1OCC. The smallest absolute Gasteiger partial charge is 0.312 e. The van der Waals surface area contributed by atoms with Gasteiger partial charge in [-0.25, -0.2) is 4.79 Å². The molecular formula is C31H57N3O2. The average Bonchev–Trinajstić information content (AvgIpc) is 2.87. The molecule has 1 unspecified atom stereocenters. The standard InChI is InChI=1S/C31H57N3O2/c1-5-9-10-11-12-13-14-15-16-17-18-19-20-21-27(24-25-33-31(32)35)29-23-22-28(34(6-2)7-3)26-30(29)36-8-4/h22-23,26-27H,5-21,24-25H2,1-4H3,(H3,32,33,35). The van der Waals surface area contributed by atoms with Crippen molar-refractivity contribution in [3.63, 3.8) is 0 Å². The molecule has 0 heterocycles. The summed E-state index contributed by atoms with van der Waals surface area (Å²) >= 11 is 0. The molecule has 2 amide bonds. The second-order valence-corrected chi connectivity index (χ2v) is 10.1. The lowest BCUT2D eigenvalue weighted by molar-refractivity contribution is 0.248. The number of rotatable bonds is 23. The summed E-state index contributed by atoms with van der Waals surface area (Å²) in [5, 5.41) is 2.78. The predicted octanol–water partition coefficient (Wildman–Crippen LogP) is 8.55. The molecule has 208 valence electrons. The number of urea groups is 1. The van der Waals surface area contributed by atoms with Crippen molar-refractivity contribution < 1.29 is 9.53 Å². The minimum absolute atomic E-state index is 0.358. The van der Waals surface area contributed by atoms with E-state index in [2.05, 4.69) is 49.2 Å². The fourth-order valence-electron chi connectivity index (χ4n) is 5.16. The van der Waals surface area contributed by atoms with Crippen LogP contribution in [0.2, 0.25) is 0 Å². The first-order valence-electron chi connectivity index (χ1n) is 15.1. The number of anilines is 1. The molecule has 0 aliphatic rings. The monoisotopic (exact) mass is 503 g/mol. The number of nitrogens with two attached hydrogens (primary N) is 1. The molecule has 5 heteroatoms. The summed E-state index contributed by atoms with van der Waals surface area (Å²) in [6.07, 6.45) is 19.8. The summed E-state index contributed by atoms with van der Waals surface area (Å²) < 4.78 is 6.11. The van der Waals surface area contributed by atoms with Crippen molar-refractivity contribution >= 4 is 11.7 Å². The van der Waals surface area contributed by atoms with Crippen LogP contribution in [0.3, 0.4) is 0 Å². The van der Waals surface area contributed by atoms with Crippen LogP contribution in [0.25, 0.3) is 0 Å². The van der Waals surface area contributed by atoms with E-state index in [9.17, 15) is 4.79 Å². The van der Waals surface area contributed by atoms with Crippen molar-refractivity contribution in [1.82, 2.24) is 5.32 Å². The Morgan fingerprint density at radius 2 is 1.39 bits per heavy atom. The molecule has 0 aliphatic heterocycles. The number of unbranched alkanes of at least 4 members (excludes halogenated alkanes) is 12. The number of hydrogen-bond donors (Lipinski definition) is 2. The van der Waals surface area contributed by atoms with E-state index in [0.29, 0.717) is 19.1 Å². The van der Waals surface area contributed by atoms with Gasteiger partial charge in [-0.15, -0.1) is 0 Å². The lowest BCUT2D eigenvalue weighted by Crippen LogP contribution is -2.30. The average molecular weight is 504 g/mol. The van der Waals surface area contributed by atoms with Gasteiger partial charge in [-0.1, -0.05) is 96.5 Å². The number of ether oxygens (including phenoxy) is 1. The molecule has 36 heavy (non-hydrogen) atoms.